The molecule has 0 fully saturated rings. The number of hydrogen-bond donors (Lipinski definition) is 1. The molecule has 0 bridgehead atoms. The van der Waals surface area contributed by atoms with Gasteiger partial charge in [0.15, 0.2) is 0 Å². The lowest BCUT2D eigenvalue weighted by Crippen LogP contribution is -2.20. The lowest BCUT2D eigenvalue weighted by atomic mass is 10.2. The number of thiophene rings is 1. The van der Waals surface area contributed by atoms with Crippen LogP contribution in [0.15, 0.2) is 34.3 Å². The van der Waals surface area contributed by atoms with Gasteiger partial charge in [-0.1, -0.05) is 6.07 Å². The lowest BCUT2D eigenvalue weighted by Gasteiger charge is -2.22. The first-order valence-corrected chi connectivity index (χ1v) is 6.50. The Morgan fingerprint density at radius 1 is 1.61 bits per heavy atom. The molecule has 2 heterocycles. The summed E-state index contributed by atoms with van der Waals surface area (Å²) in [6, 6.07) is 5.97. The molecule has 0 aromatic carbocycles. The van der Waals surface area contributed by atoms with Crippen molar-refractivity contribution in [2.75, 3.05) is 7.05 Å². The smallest absolute Gasteiger partial charge is 0.338 e. The highest BCUT2D eigenvalue weighted by Crippen LogP contribution is 2.25. The predicted octanol–water partition coefficient (Wildman–Crippen LogP) is 3.23. The Hall–Kier alpha value is -1.59. The lowest BCUT2D eigenvalue weighted by molar-refractivity contribution is 0.0696. The molecule has 2 aromatic heterocycles. The van der Waals surface area contributed by atoms with E-state index in [1.54, 1.807) is 17.4 Å². The summed E-state index contributed by atoms with van der Waals surface area (Å²) in [4.78, 5) is 14.2. The average molecular weight is 265 g/mol. The number of aromatic carboxylic acids is 1. The number of hydrogen-bond acceptors (Lipinski definition) is 4. The van der Waals surface area contributed by atoms with Gasteiger partial charge < -0.3 is 9.52 Å². The van der Waals surface area contributed by atoms with Crippen molar-refractivity contribution in [1.29, 1.82) is 0 Å². The zero-order chi connectivity index (χ0) is 13.1. The first-order valence-electron chi connectivity index (χ1n) is 5.62. The fourth-order valence-electron chi connectivity index (χ4n) is 1.70. The molecule has 1 unspecified atom stereocenters. The molecule has 1 atom stereocenters. The normalized spacial score (nSPS) is 12.8. The first-order chi connectivity index (χ1) is 8.58. The Balaban J connectivity index is 2.02. The fraction of sp³-hybridized carbons (Fsp3) is 0.308. The van der Waals surface area contributed by atoms with Gasteiger partial charge in [0, 0.05) is 10.9 Å². The van der Waals surface area contributed by atoms with Gasteiger partial charge in [0.25, 0.3) is 0 Å². The van der Waals surface area contributed by atoms with Gasteiger partial charge in [-0.2, -0.15) is 0 Å². The quantitative estimate of drug-likeness (QED) is 0.901. The highest BCUT2D eigenvalue weighted by molar-refractivity contribution is 7.10. The van der Waals surface area contributed by atoms with Crippen LogP contribution in [-0.4, -0.2) is 23.0 Å². The van der Waals surface area contributed by atoms with Gasteiger partial charge in [0.2, 0.25) is 0 Å². The maximum atomic E-state index is 10.7. The van der Waals surface area contributed by atoms with E-state index in [1.807, 2.05) is 13.1 Å². The molecule has 0 saturated heterocycles. The number of nitrogens with zero attached hydrogens (tertiary/aromatic N) is 1. The monoisotopic (exact) mass is 265 g/mol. The van der Waals surface area contributed by atoms with E-state index >= 15 is 0 Å². The van der Waals surface area contributed by atoms with E-state index < -0.39 is 5.97 Å². The molecule has 1 N–H and O–H groups in total. The summed E-state index contributed by atoms with van der Waals surface area (Å²) >= 11 is 1.71. The SMILES string of the molecule is CC(c1cccs1)N(C)Cc1cc(C(=O)O)co1. The third-order valence-electron chi connectivity index (χ3n) is 2.92. The van der Waals surface area contributed by atoms with Crippen molar-refractivity contribution in [3.05, 3.63) is 46.0 Å². The predicted molar refractivity (Wildman–Crippen MR) is 69.9 cm³/mol. The Labute approximate surface area is 109 Å². The van der Waals surface area contributed by atoms with E-state index in [1.165, 1.54) is 11.1 Å². The summed E-state index contributed by atoms with van der Waals surface area (Å²) in [5, 5.41) is 10.9. The van der Waals surface area contributed by atoms with E-state index in [0.29, 0.717) is 12.3 Å². The molecule has 0 aliphatic heterocycles. The van der Waals surface area contributed by atoms with Crippen LogP contribution in [0.1, 0.15) is 34.0 Å². The zero-order valence-electron chi connectivity index (χ0n) is 10.3. The van der Waals surface area contributed by atoms with Crippen LogP contribution in [-0.2, 0) is 6.54 Å². The highest BCUT2D eigenvalue weighted by atomic mass is 32.1. The van der Waals surface area contributed by atoms with Crippen molar-refractivity contribution >= 4 is 17.3 Å². The molecule has 4 nitrogen and oxygen atoms in total. The van der Waals surface area contributed by atoms with Gasteiger partial charge in [0.05, 0.1) is 12.1 Å². The first kappa shape index (κ1) is 12.9. The van der Waals surface area contributed by atoms with Crippen molar-refractivity contribution in [2.24, 2.45) is 0 Å². The van der Waals surface area contributed by atoms with Crippen LogP contribution in [0, 0.1) is 0 Å². The topological polar surface area (TPSA) is 53.7 Å². The van der Waals surface area contributed by atoms with Gasteiger partial charge in [-0.25, -0.2) is 4.79 Å². The van der Waals surface area contributed by atoms with Gasteiger partial charge >= 0.3 is 5.97 Å². The molecule has 0 spiro atoms. The molecule has 96 valence electrons. The van der Waals surface area contributed by atoms with Crippen molar-refractivity contribution in [3.8, 4) is 0 Å². The van der Waals surface area contributed by atoms with Gasteiger partial charge in [-0.3, -0.25) is 4.90 Å². The Morgan fingerprint density at radius 3 is 2.94 bits per heavy atom. The van der Waals surface area contributed by atoms with Crippen molar-refractivity contribution in [2.45, 2.75) is 19.5 Å². The van der Waals surface area contributed by atoms with Gasteiger partial charge in [0.1, 0.15) is 12.0 Å². The minimum atomic E-state index is -0.959. The second-order valence-corrected chi connectivity index (χ2v) is 5.19. The number of carboxylic acids is 1. The second kappa shape index (κ2) is 5.37. The Kier molecular flexibility index (Phi) is 3.84. The standard InChI is InChI=1S/C13H15NO3S/c1-9(12-4-3-5-18-12)14(2)7-11-6-10(8-17-11)13(15)16/h3-6,8-9H,7H2,1-2H3,(H,15,16). The number of carboxylic acid groups (broad SMARTS) is 1. The Bertz CT molecular complexity index is 518. The molecular formula is C13H15NO3S. The van der Waals surface area contributed by atoms with Gasteiger partial charge in [-0.15, -0.1) is 11.3 Å². The number of rotatable bonds is 5. The van der Waals surface area contributed by atoms with E-state index in [4.69, 9.17) is 9.52 Å². The average Bonchev–Trinajstić information content (AvgIpc) is 2.98. The number of furan rings is 1. The minimum absolute atomic E-state index is 0.196. The maximum Gasteiger partial charge on any atom is 0.338 e. The van der Waals surface area contributed by atoms with Crippen molar-refractivity contribution in [3.63, 3.8) is 0 Å². The van der Waals surface area contributed by atoms with E-state index in [-0.39, 0.29) is 11.6 Å². The Morgan fingerprint density at radius 2 is 2.39 bits per heavy atom. The molecule has 0 radical (unpaired) electrons. The molecule has 2 rings (SSSR count). The van der Waals surface area contributed by atoms with Gasteiger partial charge in [-0.05, 0) is 31.5 Å². The van der Waals surface area contributed by atoms with Crippen molar-refractivity contribution < 1.29 is 14.3 Å². The van der Waals surface area contributed by atoms with Crippen LogP contribution in [0.2, 0.25) is 0 Å². The molecule has 5 heteroatoms. The van der Waals surface area contributed by atoms with Crippen molar-refractivity contribution in [1.82, 2.24) is 4.90 Å². The molecule has 0 saturated carbocycles. The largest absolute Gasteiger partial charge is 0.478 e. The van der Waals surface area contributed by atoms with Crippen LogP contribution >= 0.6 is 11.3 Å². The molecule has 2 aromatic rings. The van der Waals surface area contributed by atoms with Crippen LogP contribution in [0.5, 0.6) is 0 Å². The minimum Gasteiger partial charge on any atom is -0.478 e. The third-order valence-corrected chi connectivity index (χ3v) is 3.96. The molecule has 0 aliphatic rings. The highest BCUT2D eigenvalue weighted by Gasteiger charge is 2.15. The van der Waals surface area contributed by atoms with Crippen LogP contribution in [0.3, 0.4) is 0 Å². The van der Waals surface area contributed by atoms with Crippen LogP contribution in [0.4, 0.5) is 0 Å². The van der Waals surface area contributed by atoms with E-state index in [2.05, 4.69) is 23.3 Å². The fourth-order valence-corrected chi connectivity index (χ4v) is 2.55. The second-order valence-electron chi connectivity index (χ2n) is 4.21. The van der Waals surface area contributed by atoms with Crippen LogP contribution in [0.25, 0.3) is 0 Å². The summed E-state index contributed by atoms with van der Waals surface area (Å²) < 4.78 is 5.25. The summed E-state index contributed by atoms with van der Waals surface area (Å²) in [5.41, 5.74) is 0.196. The third kappa shape index (κ3) is 2.80. The summed E-state index contributed by atoms with van der Waals surface area (Å²) in [6.07, 6.45) is 1.28. The summed E-state index contributed by atoms with van der Waals surface area (Å²) in [7, 11) is 1.99. The van der Waals surface area contributed by atoms with Crippen LogP contribution < -0.4 is 0 Å². The van der Waals surface area contributed by atoms with E-state index in [9.17, 15) is 4.79 Å². The summed E-state index contributed by atoms with van der Waals surface area (Å²) in [5.74, 6) is -0.294. The molecule has 0 aliphatic carbocycles. The van der Waals surface area contributed by atoms with E-state index in [0.717, 1.165) is 0 Å². The molecule has 18 heavy (non-hydrogen) atoms. The molecular weight excluding hydrogens is 250 g/mol. The zero-order valence-corrected chi connectivity index (χ0v) is 11.1. The number of carbonyl (C=O) groups is 1. The summed E-state index contributed by atoms with van der Waals surface area (Å²) in [6.45, 7) is 2.71. The molecule has 0 amide bonds. The maximum absolute atomic E-state index is 10.7.